The average molecular weight is 260 g/mol. The molecule has 4 nitrogen and oxygen atoms in total. The maximum absolute atomic E-state index is 11.9. The summed E-state index contributed by atoms with van der Waals surface area (Å²) < 4.78 is 0. The summed E-state index contributed by atoms with van der Waals surface area (Å²) in [7, 11) is 0. The molecular weight excluding hydrogens is 240 g/mol. The quantitative estimate of drug-likeness (QED) is 0.817. The van der Waals surface area contributed by atoms with Crippen molar-refractivity contribution in [1.29, 1.82) is 0 Å². The molecule has 1 aromatic carbocycles. The fourth-order valence-corrected chi connectivity index (χ4v) is 2.57. The zero-order chi connectivity index (χ0) is 13.9. The minimum atomic E-state index is -0.330. The van der Waals surface area contributed by atoms with Gasteiger partial charge in [0, 0.05) is 23.2 Å². The molecule has 0 saturated heterocycles. The van der Waals surface area contributed by atoms with Gasteiger partial charge in [-0.25, -0.2) is 0 Å². The van der Waals surface area contributed by atoms with Crippen molar-refractivity contribution < 1.29 is 9.59 Å². The number of amides is 1. The van der Waals surface area contributed by atoms with Crippen LogP contribution in [0.2, 0.25) is 0 Å². The molecule has 0 aromatic heterocycles. The topological polar surface area (TPSA) is 72.2 Å². The Balaban J connectivity index is 1.93. The summed E-state index contributed by atoms with van der Waals surface area (Å²) in [5, 5.41) is 2.83. The van der Waals surface area contributed by atoms with Crippen molar-refractivity contribution in [3.05, 3.63) is 29.8 Å². The van der Waals surface area contributed by atoms with Gasteiger partial charge in [0.25, 0.3) is 0 Å². The van der Waals surface area contributed by atoms with Crippen molar-refractivity contribution in [1.82, 2.24) is 0 Å². The highest BCUT2D eigenvalue weighted by Gasteiger charge is 2.31. The van der Waals surface area contributed by atoms with Gasteiger partial charge >= 0.3 is 0 Å². The Morgan fingerprint density at radius 2 is 1.79 bits per heavy atom. The maximum atomic E-state index is 11.9. The van der Waals surface area contributed by atoms with E-state index in [2.05, 4.69) is 5.32 Å². The fraction of sp³-hybridized carbons (Fsp3) is 0.467. The van der Waals surface area contributed by atoms with Gasteiger partial charge in [-0.05, 0) is 44.0 Å². The number of benzene rings is 1. The number of carbonyl (C=O) groups excluding carboxylic acids is 2. The van der Waals surface area contributed by atoms with Crippen molar-refractivity contribution in [2.24, 2.45) is 5.73 Å². The fourth-order valence-electron chi connectivity index (χ4n) is 2.57. The molecule has 102 valence electrons. The Bertz CT molecular complexity index is 473. The zero-order valence-corrected chi connectivity index (χ0v) is 11.2. The number of Topliss-reactive ketones (excluding diaryl/α,β-unsaturated/α-hetero) is 1. The van der Waals surface area contributed by atoms with E-state index in [4.69, 9.17) is 5.73 Å². The van der Waals surface area contributed by atoms with Gasteiger partial charge in [0.1, 0.15) is 0 Å². The van der Waals surface area contributed by atoms with Crippen LogP contribution in [0.25, 0.3) is 0 Å². The maximum Gasteiger partial charge on any atom is 0.226 e. The molecule has 1 fully saturated rings. The Morgan fingerprint density at radius 1 is 1.21 bits per heavy atom. The Kier molecular flexibility index (Phi) is 4.00. The third-order valence-corrected chi connectivity index (χ3v) is 3.69. The van der Waals surface area contributed by atoms with Crippen molar-refractivity contribution in [3.63, 3.8) is 0 Å². The molecule has 0 atom stereocenters. The number of hydrogen-bond donors (Lipinski definition) is 2. The van der Waals surface area contributed by atoms with Gasteiger partial charge in [0.2, 0.25) is 5.91 Å². The summed E-state index contributed by atoms with van der Waals surface area (Å²) in [4.78, 5) is 23.1. The Labute approximate surface area is 113 Å². The second kappa shape index (κ2) is 5.53. The van der Waals surface area contributed by atoms with Crippen LogP contribution < -0.4 is 11.1 Å². The standard InChI is InChI=1S/C15H20N2O2/c1-11(18)12-4-6-13(7-5-12)17-14(19)10-15(16)8-2-3-9-15/h4-7H,2-3,8-10,16H2,1H3,(H,17,19). The molecule has 0 bridgehead atoms. The zero-order valence-electron chi connectivity index (χ0n) is 11.2. The largest absolute Gasteiger partial charge is 0.326 e. The van der Waals surface area contributed by atoms with Crippen molar-refractivity contribution >= 4 is 17.4 Å². The highest BCUT2D eigenvalue weighted by molar-refractivity contribution is 5.95. The smallest absolute Gasteiger partial charge is 0.226 e. The van der Waals surface area contributed by atoms with E-state index in [1.54, 1.807) is 24.3 Å². The lowest BCUT2D eigenvalue weighted by Crippen LogP contribution is -2.40. The van der Waals surface area contributed by atoms with Gasteiger partial charge in [0.05, 0.1) is 0 Å². The van der Waals surface area contributed by atoms with Crippen LogP contribution in [0.4, 0.5) is 5.69 Å². The predicted octanol–water partition coefficient (Wildman–Crippen LogP) is 2.49. The van der Waals surface area contributed by atoms with E-state index in [1.807, 2.05) is 0 Å². The van der Waals surface area contributed by atoms with E-state index in [0.717, 1.165) is 25.7 Å². The van der Waals surface area contributed by atoms with Crippen LogP contribution in [-0.2, 0) is 4.79 Å². The van der Waals surface area contributed by atoms with Gasteiger partial charge < -0.3 is 11.1 Å². The summed E-state index contributed by atoms with van der Waals surface area (Å²) in [5.74, 6) is -0.0373. The molecule has 0 radical (unpaired) electrons. The lowest BCUT2D eigenvalue weighted by atomic mass is 9.94. The monoisotopic (exact) mass is 260 g/mol. The molecule has 0 heterocycles. The van der Waals surface area contributed by atoms with Crippen LogP contribution in [-0.4, -0.2) is 17.2 Å². The first kappa shape index (κ1) is 13.7. The summed E-state index contributed by atoms with van der Waals surface area (Å²) >= 11 is 0. The molecule has 1 aliphatic carbocycles. The minimum Gasteiger partial charge on any atom is -0.326 e. The number of rotatable bonds is 4. The molecule has 1 amide bonds. The molecule has 3 N–H and O–H groups in total. The van der Waals surface area contributed by atoms with Gasteiger partial charge in [-0.15, -0.1) is 0 Å². The van der Waals surface area contributed by atoms with E-state index in [1.165, 1.54) is 6.92 Å². The van der Waals surface area contributed by atoms with Crippen LogP contribution in [0.3, 0.4) is 0 Å². The first-order valence-electron chi connectivity index (χ1n) is 6.68. The molecule has 19 heavy (non-hydrogen) atoms. The third kappa shape index (κ3) is 3.64. The number of hydrogen-bond acceptors (Lipinski definition) is 3. The second-order valence-electron chi connectivity index (χ2n) is 5.43. The van der Waals surface area contributed by atoms with Crippen LogP contribution in [0.5, 0.6) is 0 Å². The second-order valence-corrected chi connectivity index (χ2v) is 5.43. The lowest BCUT2D eigenvalue weighted by molar-refractivity contribution is -0.117. The van der Waals surface area contributed by atoms with Crippen molar-refractivity contribution in [2.75, 3.05) is 5.32 Å². The SMILES string of the molecule is CC(=O)c1ccc(NC(=O)CC2(N)CCCC2)cc1. The molecule has 1 aliphatic rings. The Hall–Kier alpha value is -1.68. The van der Waals surface area contributed by atoms with Crippen LogP contribution in [0.15, 0.2) is 24.3 Å². The molecule has 1 aromatic rings. The number of ketones is 1. The molecule has 0 spiro atoms. The number of anilines is 1. The van der Waals surface area contributed by atoms with E-state index in [-0.39, 0.29) is 17.2 Å². The number of carbonyl (C=O) groups is 2. The molecule has 2 rings (SSSR count). The average Bonchev–Trinajstić information content (AvgIpc) is 2.76. The lowest BCUT2D eigenvalue weighted by Gasteiger charge is -2.22. The van der Waals surface area contributed by atoms with Crippen LogP contribution in [0, 0.1) is 0 Å². The van der Waals surface area contributed by atoms with Crippen molar-refractivity contribution in [2.45, 2.75) is 44.6 Å². The number of nitrogens with two attached hydrogens (primary N) is 1. The predicted molar refractivity (Wildman–Crippen MR) is 75.1 cm³/mol. The van der Waals surface area contributed by atoms with Crippen molar-refractivity contribution in [3.8, 4) is 0 Å². The molecule has 4 heteroatoms. The number of nitrogens with one attached hydrogen (secondary N) is 1. The first-order valence-corrected chi connectivity index (χ1v) is 6.68. The minimum absolute atomic E-state index is 0.0183. The summed E-state index contributed by atoms with van der Waals surface area (Å²) in [5.41, 5.74) is 7.19. The van der Waals surface area contributed by atoms with Gasteiger partial charge in [-0.2, -0.15) is 0 Å². The van der Waals surface area contributed by atoms with Crippen LogP contribution in [0.1, 0.15) is 49.4 Å². The molecular formula is C15H20N2O2. The van der Waals surface area contributed by atoms with E-state index in [9.17, 15) is 9.59 Å². The van der Waals surface area contributed by atoms with E-state index >= 15 is 0 Å². The van der Waals surface area contributed by atoms with Gasteiger partial charge in [-0.1, -0.05) is 12.8 Å². The van der Waals surface area contributed by atoms with Gasteiger partial charge in [-0.3, -0.25) is 9.59 Å². The van der Waals surface area contributed by atoms with Gasteiger partial charge in [0.15, 0.2) is 5.78 Å². The van der Waals surface area contributed by atoms with E-state index < -0.39 is 0 Å². The highest BCUT2D eigenvalue weighted by atomic mass is 16.1. The first-order chi connectivity index (χ1) is 8.98. The summed E-state index contributed by atoms with van der Waals surface area (Å²) in [6.45, 7) is 1.52. The normalized spacial score (nSPS) is 17.2. The Morgan fingerprint density at radius 3 is 2.32 bits per heavy atom. The van der Waals surface area contributed by atoms with Crippen LogP contribution >= 0.6 is 0 Å². The summed E-state index contributed by atoms with van der Waals surface area (Å²) in [6.07, 6.45) is 4.42. The summed E-state index contributed by atoms with van der Waals surface area (Å²) in [6, 6.07) is 6.91. The highest BCUT2D eigenvalue weighted by Crippen LogP contribution is 2.30. The molecule has 0 aliphatic heterocycles. The third-order valence-electron chi connectivity index (χ3n) is 3.69. The van der Waals surface area contributed by atoms with E-state index in [0.29, 0.717) is 17.7 Å². The molecule has 0 unspecified atom stereocenters. The molecule has 1 saturated carbocycles.